The van der Waals surface area contributed by atoms with Gasteiger partial charge in [0.25, 0.3) is 5.91 Å². The van der Waals surface area contributed by atoms with Crippen molar-refractivity contribution in [3.05, 3.63) is 71.9 Å². The standard InChI is InChI=1S/C27H27FN6O3/c1-17-14-20(5-6-21(17)27(36)33-12-10-32(11-13-33)18(2)35)31-25-26-30-16-23(34(26)9-8-29-25)19-4-7-24(37-3)22(28)15-19/h4-9,14-16H,10-13H2,1-3H3,(H,29,31). The summed E-state index contributed by atoms with van der Waals surface area (Å²) in [4.78, 5) is 37.1. The molecule has 0 saturated carbocycles. The first-order valence-electron chi connectivity index (χ1n) is 11.9. The van der Waals surface area contributed by atoms with Crippen LogP contribution in [0.5, 0.6) is 5.75 Å². The second-order valence-electron chi connectivity index (χ2n) is 8.92. The van der Waals surface area contributed by atoms with Gasteiger partial charge in [0.1, 0.15) is 0 Å². The summed E-state index contributed by atoms with van der Waals surface area (Å²) in [5, 5.41) is 3.29. The number of fused-ring (bicyclic) bond motifs is 1. The van der Waals surface area contributed by atoms with Crippen molar-refractivity contribution in [3.63, 3.8) is 0 Å². The van der Waals surface area contributed by atoms with E-state index in [1.807, 2.05) is 23.5 Å². The molecular weight excluding hydrogens is 475 g/mol. The zero-order valence-electron chi connectivity index (χ0n) is 20.9. The van der Waals surface area contributed by atoms with Gasteiger partial charge in [0.05, 0.1) is 19.0 Å². The van der Waals surface area contributed by atoms with E-state index in [4.69, 9.17) is 4.74 Å². The molecule has 1 N–H and O–H groups in total. The Morgan fingerprint density at radius 3 is 2.46 bits per heavy atom. The molecule has 0 atom stereocenters. The lowest BCUT2D eigenvalue weighted by Crippen LogP contribution is -2.50. The molecule has 0 bridgehead atoms. The van der Waals surface area contributed by atoms with Gasteiger partial charge in [-0.15, -0.1) is 0 Å². The third kappa shape index (κ3) is 4.69. The second-order valence-corrected chi connectivity index (χ2v) is 8.92. The molecule has 4 aromatic rings. The molecule has 2 amide bonds. The number of hydrogen-bond acceptors (Lipinski definition) is 6. The van der Waals surface area contributed by atoms with E-state index in [2.05, 4.69) is 15.3 Å². The van der Waals surface area contributed by atoms with Crippen LogP contribution < -0.4 is 10.1 Å². The van der Waals surface area contributed by atoms with Crippen molar-refractivity contribution in [2.45, 2.75) is 13.8 Å². The van der Waals surface area contributed by atoms with Gasteiger partial charge in [-0.05, 0) is 48.9 Å². The summed E-state index contributed by atoms with van der Waals surface area (Å²) in [5.41, 5.74) is 4.16. The first kappa shape index (κ1) is 24.2. The molecule has 0 radical (unpaired) electrons. The summed E-state index contributed by atoms with van der Waals surface area (Å²) in [6, 6.07) is 10.3. The topological polar surface area (TPSA) is 92.1 Å². The molecule has 5 rings (SSSR count). The number of nitrogens with one attached hydrogen (secondary N) is 1. The first-order chi connectivity index (χ1) is 17.9. The lowest BCUT2D eigenvalue weighted by Gasteiger charge is -2.34. The highest BCUT2D eigenvalue weighted by molar-refractivity contribution is 5.96. The minimum absolute atomic E-state index is 0.0306. The van der Waals surface area contributed by atoms with E-state index in [1.54, 1.807) is 53.5 Å². The Morgan fingerprint density at radius 1 is 1.03 bits per heavy atom. The molecule has 3 heterocycles. The van der Waals surface area contributed by atoms with Crippen LogP contribution in [0.4, 0.5) is 15.9 Å². The number of benzene rings is 2. The Bertz CT molecular complexity index is 1490. The lowest BCUT2D eigenvalue weighted by molar-refractivity contribution is -0.130. The molecule has 2 aromatic carbocycles. The highest BCUT2D eigenvalue weighted by Gasteiger charge is 2.24. The first-order valence-corrected chi connectivity index (χ1v) is 11.9. The number of carbonyl (C=O) groups excluding carboxylic acids is 2. The largest absolute Gasteiger partial charge is 0.494 e. The van der Waals surface area contributed by atoms with Crippen molar-refractivity contribution in [1.82, 2.24) is 24.2 Å². The quantitative estimate of drug-likeness (QED) is 0.445. The van der Waals surface area contributed by atoms with Crippen LogP contribution in [0.25, 0.3) is 16.9 Å². The SMILES string of the molecule is COc1ccc(-c2cnc3c(Nc4ccc(C(=O)N5CCN(C(C)=O)CC5)c(C)c4)nccn23)cc1F. The van der Waals surface area contributed by atoms with Crippen LogP contribution in [-0.4, -0.2) is 69.3 Å². The molecule has 1 saturated heterocycles. The third-order valence-corrected chi connectivity index (χ3v) is 6.61. The fraction of sp³-hybridized carbons (Fsp3) is 0.259. The van der Waals surface area contributed by atoms with E-state index in [1.165, 1.54) is 13.2 Å². The molecule has 9 nitrogen and oxygen atoms in total. The zero-order valence-corrected chi connectivity index (χ0v) is 20.9. The van der Waals surface area contributed by atoms with Gasteiger partial charge in [-0.25, -0.2) is 14.4 Å². The Balaban J connectivity index is 1.36. The fourth-order valence-electron chi connectivity index (χ4n) is 4.56. The summed E-state index contributed by atoms with van der Waals surface area (Å²) >= 11 is 0. The van der Waals surface area contributed by atoms with E-state index in [0.29, 0.717) is 54.5 Å². The van der Waals surface area contributed by atoms with Crippen molar-refractivity contribution in [2.24, 2.45) is 0 Å². The Hall–Kier alpha value is -4.47. The van der Waals surface area contributed by atoms with Crippen LogP contribution in [0.3, 0.4) is 0 Å². The predicted octanol–water partition coefficient (Wildman–Crippen LogP) is 3.90. The summed E-state index contributed by atoms with van der Waals surface area (Å²) < 4.78 is 21.1. The highest BCUT2D eigenvalue weighted by atomic mass is 19.1. The summed E-state index contributed by atoms with van der Waals surface area (Å²) in [5.74, 6) is 0.243. The van der Waals surface area contributed by atoms with Crippen molar-refractivity contribution < 1.29 is 18.7 Å². The molecule has 1 fully saturated rings. The van der Waals surface area contributed by atoms with Gasteiger partial charge in [-0.3, -0.25) is 14.0 Å². The number of piperazine rings is 1. The van der Waals surface area contributed by atoms with Crippen LogP contribution in [0.15, 0.2) is 55.0 Å². The summed E-state index contributed by atoms with van der Waals surface area (Å²) in [6.45, 7) is 5.57. The average molecular weight is 503 g/mol. The number of nitrogens with zero attached hydrogens (tertiary/aromatic N) is 5. The number of rotatable bonds is 5. The van der Waals surface area contributed by atoms with Crippen molar-refractivity contribution in [2.75, 3.05) is 38.6 Å². The van der Waals surface area contributed by atoms with E-state index in [9.17, 15) is 14.0 Å². The molecular formula is C27H27FN6O3. The van der Waals surface area contributed by atoms with E-state index < -0.39 is 5.82 Å². The van der Waals surface area contributed by atoms with Gasteiger partial charge in [-0.1, -0.05) is 0 Å². The molecule has 190 valence electrons. The van der Waals surface area contributed by atoms with Crippen molar-refractivity contribution in [1.29, 1.82) is 0 Å². The number of aryl methyl sites for hydroxylation is 1. The molecule has 0 aliphatic carbocycles. The Morgan fingerprint density at radius 2 is 1.78 bits per heavy atom. The van der Waals surface area contributed by atoms with Gasteiger partial charge in [0.2, 0.25) is 5.91 Å². The van der Waals surface area contributed by atoms with Gasteiger partial charge in [-0.2, -0.15) is 0 Å². The number of carbonyl (C=O) groups is 2. The van der Waals surface area contributed by atoms with Gasteiger partial charge < -0.3 is 19.9 Å². The maximum Gasteiger partial charge on any atom is 0.254 e. The molecule has 0 spiro atoms. The van der Waals surface area contributed by atoms with Crippen molar-refractivity contribution in [3.8, 4) is 17.0 Å². The number of hydrogen-bond donors (Lipinski definition) is 1. The maximum atomic E-state index is 14.3. The van der Waals surface area contributed by atoms with Gasteiger partial charge >= 0.3 is 0 Å². The minimum Gasteiger partial charge on any atom is -0.494 e. The number of methoxy groups -OCH3 is 1. The number of ether oxygens (including phenoxy) is 1. The number of anilines is 2. The number of imidazole rings is 1. The van der Waals surface area contributed by atoms with Crippen LogP contribution in [0.1, 0.15) is 22.8 Å². The van der Waals surface area contributed by atoms with Crippen molar-refractivity contribution >= 4 is 29.0 Å². The van der Waals surface area contributed by atoms with Gasteiger partial charge in [0, 0.05) is 62.3 Å². The van der Waals surface area contributed by atoms with Gasteiger partial charge in [0.15, 0.2) is 23.0 Å². The Kier molecular flexibility index (Phi) is 6.47. The van der Waals surface area contributed by atoms with E-state index in [-0.39, 0.29) is 17.6 Å². The smallest absolute Gasteiger partial charge is 0.254 e. The monoisotopic (exact) mass is 502 g/mol. The minimum atomic E-state index is -0.451. The highest BCUT2D eigenvalue weighted by Crippen LogP contribution is 2.29. The normalized spacial score (nSPS) is 13.6. The molecule has 37 heavy (non-hydrogen) atoms. The fourth-order valence-corrected chi connectivity index (χ4v) is 4.56. The molecule has 10 heteroatoms. The van der Waals surface area contributed by atoms with Crippen LogP contribution in [0, 0.1) is 12.7 Å². The predicted molar refractivity (Wildman–Crippen MR) is 138 cm³/mol. The van der Waals surface area contributed by atoms with E-state index in [0.717, 1.165) is 11.3 Å². The van der Waals surface area contributed by atoms with Crippen LogP contribution in [-0.2, 0) is 4.79 Å². The molecule has 1 aliphatic rings. The molecule has 0 unspecified atom stereocenters. The number of aromatic nitrogens is 3. The third-order valence-electron chi connectivity index (χ3n) is 6.61. The average Bonchev–Trinajstić information content (AvgIpc) is 3.34. The number of halogens is 1. The zero-order chi connectivity index (χ0) is 26.1. The Labute approximate surface area is 213 Å². The summed E-state index contributed by atoms with van der Waals surface area (Å²) in [7, 11) is 1.43. The molecule has 1 aliphatic heterocycles. The second kappa shape index (κ2) is 9.88. The van der Waals surface area contributed by atoms with E-state index >= 15 is 0 Å². The lowest BCUT2D eigenvalue weighted by atomic mass is 10.1. The number of amides is 2. The maximum absolute atomic E-state index is 14.3. The molecule has 2 aromatic heterocycles. The van der Waals surface area contributed by atoms with Crippen LogP contribution in [0.2, 0.25) is 0 Å². The summed E-state index contributed by atoms with van der Waals surface area (Å²) in [6.07, 6.45) is 5.08. The van der Waals surface area contributed by atoms with Crippen LogP contribution >= 0.6 is 0 Å².